The molecular weight excluding hydrogens is 220 g/mol. The van der Waals surface area contributed by atoms with E-state index in [1.165, 1.54) is 31.7 Å². The molecule has 0 aromatic heterocycles. The topological polar surface area (TPSA) is 15.3 Å². The fourth-order valence-electron chi connectivity index (χ4n) is 3.93. The van der Waals surface area contributed by atoms with Gasteiger partial charge in [-0.25, -0.2) is 0 Å². The highest BCUT2D eigenvalue weighted by atomic mass is 15.2. The number of nitrogens with zero attached hydrogens (tertiary/aromatic N) is 1. The Bertz CT molecular complexity index is 403. The fourth-order valence-corrected chi connectivity index (χ4v) is 3.93. The summed E-state index contributed by atoms with van der Waals surface area (Å²) >= 11 is 0. The fraction of sp³-hybridized carbons (Fsp3) is 0.625. The number of likely N-dealkylation sites (tertiary alicyclic amines) is 1. The van der Waals surface area contributed by atoms with Gasteiger partial charge < -0.3 is 5.32 Å². The second-order valence-corrected chi connectivity index (χ2v) is 6.52. The maximum absolute atomic E-state index is 3.60. The molecule has 0 bridgehead atoms. The summed E-state index contributed by atoms with van der Waals surface area (Å²) in [7, 11) is 0. The number of piperidine rings is 1. The number of rotatable bonds is 2. The number of hydrogen-bond acceptors (Lipinski definition) is 2. The van der Waals surface area contributed by atoms with Crippen LogP contribution in [0.3, 0.4) is 0 Å². The van der Waals surface area contributed by atoms with E-state index >= 15 is 0 Å². The Kier molecular flexibility index (Phi) is 3.16. The Morgan fingerprint density at radius 3 is 2.83 bits per heavy atom. The molecular formula is C16H24N2. The van der Waals surface area contributed by atoms with Crippen LogP contribution in [0.2, 0.25) is 0 Å². The number of hydrogen-bond donors (Lipinski definition) is 1. The van der Waals surface area contributed by atoms with Crippen LogP contribution in [0.5, 0.6) is 0 Å². The molecule has 1 aromatic carbocycles. The van der Waals surface area contributed by atoms with Gasteiger partial charge in [-0.1, -0.05) is 44.2 Å². The van der Waals surface area contributed by atoms with E-state index in [0.717, 1.165) is 18.4 Å². The molecule has 0 radical (unpaired) electrons. The summed E-state index contributed by atoms with van der Waals surface area (Å²) in [6, 6.07) is 10.9. The summed E-state index contributed by atoms with van der Waals surface area (Å²) in [5, 5.41) is 3.60. The van der Waals surface area contributed by atoms with Gasteiger partial charge in [0.25, 0.3) is 0 Å². The summed E-state index contributed by atoms with van der Waals surface area (Å²) in [5.41, 5.74) is 1.92. The average Bonchev–Trinajstić information content (AvgIpc) is 2.68. The van der Waals surface area contributed by atoms with Gasteiger partial charge in [0, 0.05) is 26.2 Å². The van der Waals surface area contributed by atoms with Crippen LogP contribution in [0.4, 0.5) is 0 Å². The van der Waals surface area contributed by atoms with Gasteiger partial charge >= 0.3 is 0 Å². The normalized spacial score (nSPS) is 36.6. The first-order chi connectivity index (χ1) is 8.67. The van der Waals surface area contributed by atoms with Crippen molar-refractivity contribution in [2.75, 3.05) is 26.2 Å². The zero-order valence-corrected chi connectivity index (χ0v) is 11.5. The van der Waals surface area contributed by atoms with Crippen LogP contribution in [-0.2, 0) is 6.54 Å². The number of nitrogens with one attached hydrogen (secondary N) is 1. The van der Waals surface area contributed by atoms with Crippen molar-refractivity contribution in [2.45, 2.75) is 20.4 Å². The lowest BCUT2D eigenvalue weighted by molar-refractivity contribution is 0.136. The van der Waals surface area contributed by atoms with Crippen LogP contribution < -0.4 is 5.32 Å². The van der Waals surface area contributed by atoms with Crippen molar-refractivity contribution in [3.8, 4) is 0 Å². The van der Waals surface area contributed by atoms with Crippen molar-refractivity contribution < 1.29 is 0 Å². The molecule has 3 rings (SSSR count). The maximum atomic E-state index is 3.60. The molecule has 2 nitrogen and oxygen atoms in total. The van der Waals surface area contributed by atoms with Crippen LogP contribution in [-0.4, -0.2) is 31.1 Å². The average molecular weight is 244 g/mol. The molecule has 2 saturated heterocycles. The Morgan fingerprint density at radius 1 is 1.33 bits per heavy atom. The van der Waals surface area contributed by atoms with E-state index in [-0.39, 0.29) is 0 Å². The highest BCUT2D eigenvalue weighted by Gasteiger charge is 2.46. The monoisotopic (exact) mass is 244 g/mol. The van der Waals surface area contributed by atoms with Crippen molar-refractivity contribution in [1.82, 2.24) is 10.2 Å². The van der Waals surface area contributed by atoms with Crippen LogP contribution in [0.25, 0.3) is 0 Å². The van der Waals surface area contributed by atoms with Gasteiger partial charge in [0.15, 0.2) is 0 Å². The molecule has 3 atom stereocenters. The second-order valence-electron chi connectivity index (χ2n) is 6.52. The molecule has 0 spiro atoms. The van der Waals surface area contributed by atoms with Crippen LogP contribution >= 0.6 is 0 Å². The summed E-state index contributed by atoms with van der Waals surface area (Å²) in [5.74, 6) is 1.67. The highest BCUT2D eigenvalue weighted by Crippen LogP contribution is 2.42. The van der Waals surface area contributed by atoms with Gasteiger partial charge in [0.05, 0.1) is 0 Å². The molecule has 1 aromatic rings. The predicted molar refractivity (Wildman–Crippen MR) is 75.3 cm³/mol. The van der Waals surface area contributed by atoms with Gasteiger partial charge in [-0.3, -0.25) is 4.90 Å². The molecule has 0 saturated carbocycles. The quantitative estimate of drug-likeness (QED) is 0.859. The molecule has 2 heteroatoms. The zero-order valence-electron chi connectivity index (χ0n) is 11.5. The van der Waals surface area contributed by atoms with Gasteiger partial charge in [0.1, 0.15) is 0 Å². The number of fused-ring (bicyclic) bond motifs is 1. The van der Waals surface area contributed by atoms with Crippen LogP contribution in [0.1, 0.15) is 19.4 Å². The lowest BCUT2D eigenvalue weighted by atomic mass is 9.71. The van der Waals surface area contributed by atoms with E-state index < -0.39 is 0 Å². The first-order valence-corrected chi connectivity index (χ1v) is 7.14. The molecule has 0 aliphatic carbocycles. The Hall–Kier alpha value is -0.860. The minimum absolute atomic E-state index is 0.479. The summed E-state index contributed by atoms with van der Waals surface area (Å²) < 4.78 is 0. The third-order valence-corrected chi connectivity index (χ3v) is 4.87. The standard InChI is InChI=1S/C16H24N2/c1-13-8-17-11-16(2)12-18(10-15(13)16)9-14-6-4-3-5-7-14/h3-7,13,15,17H,8-12H2,1-2H3/t13?,15-,16+/m0/s1. The zero-order chi connectivity index (χ0) is 12.6. The van der Waals surface area contributed by atoms with E-state index in [2.05, 4.69) is 54.4 Å². The number of benzene rings is 1. The van der Waals surface area contributed by atoms with Crippen LogP contribution in [0, 0.1) is 17.3 Å². The van der Waals surface area contributed by atoms with Gasteiger partial charge in [-0.05, 0) is 29.4 Å². The van der Waals surface area contributed by atoms with E-state index in [9.17, 15) is 0 Å². The van der Waals surface area contributed by atoms with Crippen molar-refractivity contribution in [3.63, 3.8) is 0 Å². The lowest BCUT2D eigenvalue weighted by Crippen LogP contribution is -2.48. The molecule has 98 valence electrons. The Morgan fingerprint density at radius 2 is 2.11 bits per heavy atom. The van der Waals surface area contributed by atoms with E-state index in [1.807, 2.05) is 0 Å². The first kappa shape index (κ1) is 12.2. The largest absolute Gasteiger partial charge is 0.316 e. The Labute approximate surface area is 110 Å². The SMILES string of the molecule is CC1CNC[C@]2(C)CN(Cc3ccccc3)C[C@@H]12. The lowest BCUT2D eigenvalue weighted by Gasteiger charge is -2.40. The minimum atomic E-state index is 0.479. The van der Waals surface area contributed by atoms with E-state index in [4.69, 9.17) is 0 Å². The molecule has 2 aliphatic rings. The second kappa shape index (κ2) is 4.67. The maximum Gasteiger partial charge on any atom is 0.0234 e. The minimum Gasteiger partial charge on any atom is -0.316 e. The predicted octanol–water partition coefficient (Wildman–Crippen LogP) is 2.36. The first-order valence-electron chi connectivity index (χ1n) is 7.14. The Balaban J connectivity index is 1.70. The molecule has 2 heterocycles. The molecule has 2 aliphatic heterocycles. The van der Waals surface area contributed by atoms with Gasteiger partial charge in [-0.2, -0.15) is 0 Å². The third-order valence-electron chi connectivity index (χ3n) is 4.87. The van der Waals surface area contributed by atoms with Gasteiger partial charge in [-0.15, -0.1) is 0 Å². The van der Waals surface area contributed by atoms with Crippen molar-refractivity contribution in [2.24, 2.45) is 17.3 Å². The van der Waals surface area contributed by atoms with Crippen molar-refractivity contribution >= 4 is 0 Å². The molecule has 18 heavy (non-hydrogen) atoms. The van der Waals surface area contributed by atoms with Crippen molar-refractivity contribution in [1.29, 1.82) is 0 Å². The molecule has 1 N–H and O–H groups in total. The highest BCUT2D eigenvalue weighted by molar-refractivity contribution is 5.15. The summed E-state index contributed by atoms with van der Waals surface area (Å²) in [4.78, 5) is 2.64. The van der Waals surface area contributed by atoms with Gasteiger partial charge in [0.2, 0.25) is 0 Å². The summed E-state index contributed by atoms with van der Waals surface area (Å²) in [6.07, 6.45) is 0. The van der Waals surface area contributed by atoms with E-state index in [1.54, 1.807) is 0 Å². The molecule has 1 unspecified atom stereocenters. The third kappa shape index (κ3) is 2.19. The van der Waals surface area contributed by atoms with Crippen LogP contribution in [0.15, 0.2) is 30.3 Å². The smallest absolute Gasteiger partial charge is 0.0234 e. The molecule has 0 amide bonds. The summed E-state index contributed by atoms with van der Waals surface area (Å²) in [6.45, 7) is 10.9. The van der Waals surface area contributed by atoms with E-state index in [0.29, 0.717) is 5.41 Å². The molecule has 2 fully saturated rings. The van der Waals surface area contributed by atoms with Crippen molar-refractivity contribution in [3.05, 3.63) is 35.9 Å².